The summed E-state index contributed by atoms with van der Waals surface area (Å²) in [5, 5.41) is 20.2. The zero-order chi connectivity index (χ0) is 18.4. The highest BCUT2D eigenvalue weighted by molar-refractivity contribution is 6.04. The Balaban J connectivity index is 1.60. The highest BCUT2D eigenvalue weighted by Gasteiger charge is 2.20. The number of nitrogens with one attached hydrogen (secondary N) is 1. The number of anilines is 2. The molecule has 0 atom stereocenters. The van der Waals surface area contributed by atoms with E-state index in [2.05, 4.69) is 26.6 Å². The predicted molar refractivity (Wildman–Crippen MR) is 102 cm³/mol. The van der Waals surface area contributed by atoms with Gasteiger partial charge >= 0.3 is 0 Å². The van der Waals surface area contributed by atoms with Crippen LogP contribution in [-0.4, -0.2) is 35.1 Å². The minimum atomic E-state index is 0.741. The van der Waals surface area contributed by atoms with Crippen molar-refractivity contribution in [1.82, 2.24) is 24.1 Å². The van der Waals surface area contributed by atoms with E-state index in [0.29, 0.717) is 0 Å². The van der Waals surface area contributed by atoms with Crippen LogP contribution in [0, 0.1) is 0 Å². The lowest BCUT2D eigenvalue weighted by Gasteiger charge is -2.08. The van der Waals surface area contributed by atoms with E-state index in [4.69, 9.17) is 10.2 Å². The molecule has 1 aliphatic rings. The first-order valence-corrected chi connectivity index (χ1v) is 8.65. The molecule has 0 bridgehead atoms. The fourth-order valence-corrected chi connectivity index (χ4v) is 3.60. The fourth-order valence-electron chi connectivity index (χ4n) is 3.60. The van der Waals surface area contributed by atoms with E-state index < -0.39 is 0 Å². The second-order valence-electron chi connectivity index (χ2n) is 6.56. The van der Waals surface area contributed by atoms with E-state index >= 15 is 0 Å². The molecular weight excluding hydrogens is 342 g/mol. The van der Waals surface area contributed by atoms with Crippen molar-refractivity contribution in [3.63, 3.8) is 0 Å². The number of benzene rings is 1. The topological polar surface area (TPSA) is 92.6 Å². The summed E-state index contributed by atoms with van der Waals surface area (Å²) >= 11 is 0. The molecule has 0 spiro atoms. The number of fused-ring (bicyclic) bond motifs is 2. The molecular formula is C19H17N7O. The van der Waals surface area contributed by atoms with Crippen LogP contribution in [0.25, 0.3) is 16.9 Å². The van der Waals surface area contributed by atoms with E-state index in [1.54, 1.807) is 17.1 Å². The third kappa shape index (κ3) is 2.53. The van der Waals surface area contributed by atoms with Crippen molar-refractivity contribution >= 4 is 22.9 Å². The van der Waals surface area contributed by atoms with Crippen molar-refractivity contribution in [3.8, 4) is 11.3 Å². The van der Waals surface area contributed by atoms with Crippen LogP contribution in [0.15, 0.2) is 54.3 Å². The SMILES string of the molecule is Cn1cc(-c2c(Nc3ccc4c(c3)CCC4=NO)nc3cnccn23)cn1. The molecule has 3 aromatic heterocycles. The van der Waals surface area contributed by atoms with Crippen molar-refractivity contribution in [1.29, 1.82) is 0 Å². The molecule has 0 amide bonds. The number of aromatic nitrogens is 5. The minimum absolute atomic E-state index is 0.741. The van der Waals surface area contributed by atoms with Gasteiger partial charge in [0.1, 0.15) is 5.69 Å². The van der Waals surface area contributed by atoms with Crippen LogP contribution in [0.3, 0.4) is 0 Å². The maximum Gasteiger partial charge on any atom is 0.158 e. The van der Waals surface area contributed by atoms with Gasteiger partial charge in [-0.1, -0.05) is 11.2 Å². The molecule has 0 saturated heterocycles. The second kappa shape index (κ2) is 5.94. The van der Waals surface area contributed by atoms with Gasteiger partial charge in [-0.25, -0.2) is 4.98 Å². The molecule has 1 aliphatic carbocycles. The van der Waals surface area contributed by atoms with Gasteiger partial charge < -0.3 is 10.5 Å². The Morgan fingerprint density at radius 1 is 1.22 bits per heavy atom. The molecule has 0 fully saturated rings. The van der Waals surface area contributed by atoms with Gasteiger partial charge in [0.25, 0.3) is 0 Å². The zero-order valence-electron chi connectivity index (χ0n) is 14.7. The smallest absolute Gasteiger partial charge is 0.158 e. The fraction of sp³-hybridized carbons (Fsp3) is 0.158. The number of hydrogen-bond donors (Lipinski definition) is 2. The van der Waals surface area contributed by atoms with E-state index in [9.17, 15) is 0 Å². The molecule has 0 unspecified atom stereocenters. The molecule has 5 rings (SSSR count). The lowest BCUT2D eigenvalue weighted by Crippen LogP contribution is -1.97. The van der Waals surface area contributed by atoms with E-state index in [1.807, 2.05) is 42.2 Å². The number of aryl methyl sites for hydroxylation is 2. The second-order valence-corrected chi connectivity index (χ2v) is 6.56. The van der Waals surface area contributed by atoms with Gasteiger partial charge in [0, 0.05) is 42.5 Å². The van der Waals surface area contributed by atoms with Gasteiger partial charge in [-0.2, -0.15) is 5.10 Å². The highest BCUT2D eigenvalue weighted by atomic mass is 16.4. The molecule has 3 heterocycles. The largest absolute Gasteiger partial charge is 0.411 e. The first-order valence-electron chi connectivity index (χ1n) is 8.65. The molecule has 8 nitrogen and oxygen atoms in total. The molecule has 8 heteroatoms. The minimum Gasteiger partial charge on any atom is -0.411 e. The van der Waals surface area contributed by atoms with Crippen molar-refractivity contribution < 1.29 is 5.21 Å². The Morgan fingerprint density at radius 3 is 2.96 bits per heavy atom. The number of hydrogen-bond acceptors (Lipinski definition) is 6. The lowest BCUT2D eigenvalue weighted by atomic mass is 10.1. The molecule has 134 valence electrons. The van der Waals surface area contributed by atoms with Gasteiger partial charge in [-0.05, 0) is 30.5 Å². The Labute approximate surface area is 154 Å². The first-order chi connectivity index (χ1) is 13.2. The van der Waals surface area contributed by atoms with Gasteiger partial charge in [-0.15, -0.1) is 0 Å². The maximum absolute atomic E-state index is 9.11. The molecule has 0 aliphatic heterocycles. The van der Waals surface area contributed by atoms with Crippen molar-refractivity contribution in [2.75, 3.05) is 5.32 Å². The van der Waals surface area contributed by atoms with Crippen LogP contribution in [0.2, 0.25) is 0 Å². The summed E-state index contributed by atoms with van der Waals surface area (Å²) in [5.74, 6) is 0.741. The molecule has 27 heavy (non-hydrogen) atoms. The van der Waals surface area contributed by atoms with Gasteiger partial charge in [0.05, 0.1) is 18.1 Å². The monoisotopic (exact) mass is 359 g/mol. The van der Waals surface area contributed by atoms with Crippen molar-refractivity contribution in [2.45, 2.75) is 12.8 Å². The number of nitrogens with zero attached hydrogens (tertiary/aromatic N) is 6. The lowest BCUT2D eigenvalue weighted by molar-refractivity contribution is 0.318. The summed E-state index contributed by atoms with van der Waals surface area (Å²) in [6.45, 7) is 0. The van der Waals surface area contributed by atoms with Crippen LogP contribution in [0.5, 0.6) is 0 Å². The molecule has 0 radical (unpaired) electrons. The third-order valence-electron chi connectivity index (χ3n) is 4.84. The highest BCUT2D eigenvalue weighted by Crippen LogP contribution is 2.32. The van der Waals surface area contributed by atoms with Gasteiger partial charge in [-0.3, -0.25) is 14.1 Å². The van der Waals surface area contributed by atoms with Crippen LogP contribution in [0.1, 0.15) is 17.5 Å². The van der Waals surface area contributed by atoms with Gasteiger partial charge in [0.2, 0.25) is 0 Å². The Kier molecular flexibility index (Phi) is 3.43. The number of oxime groups is 1. The average Bonchev–Trinajstić information content (AvgIpc) is 3.37. The summed E-state index contributed by atoms with van der Waals surface area (Å²) in [7, 11) is 1.89. The van der Waals surface area contributed by atoms with Crippen molar-refractivity contribution in [3.05, 3.63) is 60.3 Å². The Hall–Kier alpha value is -3.68. The summed E-state index contributed by atoms with van der Waals surface area (Å²) in [6.07, 6.45) is 10.8. The van der Waals surface area contributed by atoms with E-state index in [-0.39, 0.29) is 0 Å². The van der Waals surface area contributed by atoms with Crippen LogP contribution >= 0.6 is 0 Å². The van der Waals surface area contributed by atoms with E-state index in [1.165, 1.54) is 5.56 Å². The van der Waals surface area contributed by atoms with E-state index in [0.717, 1.165) is 52.5 Å². The molecule has 2 N–H and O–H groups in total. The molecule has 4 aromatic rings. The Bertz CT molecular complexity index is 1190. The van der Waals surface area contributed by atoms with Crippen LogP contribution < -0.4 is 5.32 Å². The number of rotatable bonds is 3. The molecule has 1 aromatic carbocycles. The zero-order valence-corrected chi connectivity index (χ0v) is 14.7. The predicted octanol–water partition coefficient (Wildman–Crippen LogP) is 3.00. The summed E-state index contributed by atoms with van der Waals surface area (Å²) in [5.41, 5.74) is 6.51. The van der Waals surface area contributed by atoms with Gasteiger partial charge in [0.15, 0.2) is 11.5 Å². The normalized spacial score (nSPS) is 14.8. The average molecular weight is 359 g/mol. The first kappa shape index (κ1) is 15.6. The quantitative estimate of drug-likeness (QED) is 0.433. The molecule has 0 saturated carbocycles. The maximum atomic E-state index is 9.11. The number of imidazole rings is 1. The van der Waals surface area contributed by atoms with Crippen molar-refractivity contribution in [2.24, 2.45) is 12.2 Å². The standard InChI is InChI=1S/C19H17N7O/c1-25-11-13(9-21-25)18-19(23-17-10-20-6-7-26(17)18)22-14-3-4-15-12(8-14)2-5-16(15)24-27/h3-4,6-11,22,27H,2,5H2,1H3. The summed E-state index contributed by atoms with van der Waals surface area (Å²) < 4.78 is 3.76. The Morgan fingerprint density at radius 2 is 2.15 bits per heavy atom. The summed E-state index contributed by atoms with van der Waals surface area (Å²) in [6, 6.07) is 6.05. The summed E-state index contributed by atoms with van der Waals surface area (Å²) in [4.78, 5) is 8.88. The van der Waals surface area contributed by atoms with Crippen LogP contribution in [0.4, 0.5) is 11.5 Å². The third-order valence-corrected chi connectivity index (χ3v) is 4.84. The van der Waals surface area contributed by atoms with Crippen LogP contribution in [-0.2, 0) is 13.5 Å².